The molecule has 0 aliphatic heterocycles. The van der Waals surface area contributed by atoms with Gasteiger partial charge >= 0.3 is 6.09 Å². The van der Waals surface area contributed by atoms with E-state index in [4.69, 9.17) is 10.5 Å². The van der Waals surface area contributed by atoms with Gasteiger partial charge in [-0.3, -0.25) is 0 Å². The Morgan fingerprint density at radius 1 is 0.893 bits per heavy atom. The fourth-order valence-electron chi connectivity index (χ4n) is 12.8. The predicted octanol–water partition coefficient (Wildman–Crippen LogP) is 10.7. The summed E-state index contributed by atoms with van der Waals surface area (Å²) < 4.78 is 35.9. The van der Waals surface area contributed by atoms with Crippen molar-refractivity contribution in [2.75, 3.05) is 26.2 Å². The van der Waals surface area contributed by atoms with Crippen LogP contribution in [-0.2, 0) is 14.8 Å². The van der Waals surface area contributed by atoms with E-state index in [0.717, 1.165) is 75.8 Å². The summed E-state index contributed by atoms with van der Waals surface area (Å²) in [7, 11) is -3.91. The molecule has 0 unspecified atom stereocenters. The molecule has 4 aliphatic rings. The number of sulfonamides is 1. The number of amides is 1. The van der Waals surface area contributed by atoms with E-state index in [1.165, 1.54) is 61.2 Å². The molecule has 8 rings (SSSR count). The number of hydrogen-bond acceptors (Lipinski definition) is 5. The topological polar surface area (TPSA) is 102 Å². The second-order valence-electron chi connectivity index (χ2n) is 19.1. The zero-order chi connectivity index (χ0) is 39.4. The maximum absolute atomic E-state index is 14.2. The predicted molar refractivity (Wildman–Crippen MR) is 229 cm³/mol. The van der Waals surface area contributed by atoms with Crippen molar-refractivity contribution in [1.82, 2.24) is 9.62 Å². The number of nitrogens with two attached hydrogens (primary N) is 1. The molecule has 0 heterocycles. The zero-order valence-corrected chi connectivity index (χ0v) is 35.3. The van der Waals surface area contributed by atoms with Crippen LogP contribution in [-0.4, -0.2) is 51.1 Å². The van der Waals surface area contributed by atoms with Gasteiger partial charge in [-0.25, -0.2) is 13.2 Å². The van der Waals surface area contributed by atoms with Gasteiger partial charge in [0.2, 0.25) is 10.0 Å². The van der Waals surface area contributed by atoms with Gasteiger partial charge in [-0.2, -0.15) is 4.31 Å². The van der Waals surface area contributed by atoms with E-state index in [1.807, 2.05) is 30.3 Å². The van der Waals surface area contributed by atoms with Crippen molar-refractivity contribution in [3.8, 4) is 0 Å². The van der Waals surface area contributed by atoms with Gasteiger partial charge in [-0.1, -0.05) is 114 Å². The summed E-state index contributed by atoms with van der Waals surface area (Å²) >= 11 is 0. The van der Waals surface area contributed by atoms with Crippen LogP contribution in [0.2, 0.25) is 0 Å². The van der Waals surface area contributed by atoms with E-state index in [1.54, 1.807) is 6.07 Å². The molecule has 3 saturated carbocycles. The van der Waals surface area contributed by atoms with E-state index in [9.17, 15) is 13.2 Å². The number of nitrogens with one attached hydrogen (secondary N) is 1. The molecule has 56 heavy (non-hydrogen) atoms. The van der Waals surface area contributed by atoms with Crippen molar-refractivity contribution >= 4 is 48.4 Å². The van der Waals surface area contributed by atoms with E-state index in [0.29, 0.717) is 16.7 Å². The number of carbonyl (C=O) groups is 1. The van der Waals surface area contributed by atoms with Crippen LogP contribution in [0.4, 0.5) is 4.79 Å². The molecule has 0 aromatic heterocycles. The Kier molecular flexibility index (Phi) is 11.0. The largest absolute Gasteiger partial charge is 0.446 e. The molecule has 4 aliphatic carbocycles. The lowest BCUT2D eigenvalue weighted by molar-refractivity contribution is -0.0581. The van der Waals surface area contributed by atoms with Gasteiger partial charge in [0.25, 0.3) is 0 Å². The molecule has 0 saturated heterocycles. The van der Waals surface area contributed by atoms with Crippen LogP contribution in [0, 0.1) is 46.3 Å². The maximum atomic E-state index is 14.2. The summed E-state index contributed by atoms with van der Waals surface area (Å²) in [4.78, 5) is 13.5. The molecule has 0 spiro atoms. The number of rotatable bonds is 13. The van der Waals surface area contributed by atoms with Crippen LogP contribution < -0.4 is 11.1 Å². The monoisotopic (exact) mass is 779 g/mol. The van der Waals surface area contributed by atoms with Gasteiger partial charge in [-0.15, -0.1) is 0 Å². The Bertz CT molecular complexity index is 2180. The average molecular weight is 780 g/mol. The quantitative estimate of drug-likeness (QED) is 0.104. The van der Waals surface area contributed by atoms with Crippen molar-refractivity contribution in [3.63, 3.8) is 0 Å². The highest BCUT2D eigenvalue weighted by atomic mass is 32.2. The SMILES string of the molecule is CC(C)CCC[C@@H](C)[C@H]1CC[C@H]2[C@@H]3CC=C4C[C@@H](OC(=O)NCCN(CCN)S(=O)(=O)c5ccc6ccc7cccc8ccc5c6c78)CC[C@]4(C)[C@H]3CC[C@]12C. The smallest absolute Gasteiger partial charge is 0.407 e. The van der Waals surface area contributed by atoms with Crippen molar-refractivity contribution < 1.29 is 17.9 Å². The highest BCUT2D eigenvalue weighted by Gasteiger charge is 2.59. The van der Waals surface area contributed by atoms with Gasteiger partial charge in [0.1, 0.15) is 6.10 Å². The van der Waals surface area contributed by atoms with Crippen LogP contribution in [0.25, 0.3) is 32.3 Å². The summed E-state index contributed by atoms with van der Waals surface area (Å²) in [5.74, 6) is 4.78. The fourth-order valence-corrected chi connectivity index (χ4v) is 14.4. The number of hydrogen-bond donors (Lipinski definition) is 2. The molecule has 0 radical (unpaired) electrons. The molecular weight excluding hydrogens is 715 g/mol. The Balaban J connectivity index is 0.885. The molecule has 302 valence electrons. The van der Waals surface area contributed by atoms with Gasteiger partial charge in [0.15, 0.2) is 0 Å². The van der Waals surface area contributed by atoms with Crippen LogP contribution in [0.15, 0.2) is 71.1 Å². The van der Waals surface area contributed by atoms with Crippen molar-refractivity contribution in [2.24, 2.45) is 52.1 Å². The lowest BCUT2D eigenvalue weighted by Crippen LogP contribution is -2.51. The number of fused-ring (bicyclic) bond motifs is 5. The minimum absolute atomic E-state index is 0.102. The number of nitrogens with zero attached hydrogens (tertiary/aromatic N) is 1. The molecule has 8 heteroatoms. The Hall–Kier alpha value is -3.20. The van der Waals surface area contributed by atoms with Crippen molar-refractivity contribution in [2.45, 2.75) is 116 Å². The molecule has 3 fully saturated rings. The fraction of sp³-hybridized carbons (Fsp3) is 0.604. The highest BCUT2D eigenvalue weighted by Crippen LogP contribution is 2.67. The Morgan fingerprint density at radius 3 is 2.38 bits per heavy atom. The van der Waals surface area contributed by atoms with Crippen LogP contribution in [0.5, 0.6) is 0 Å². The molecule has 8 atom stereocenters. The minimum Gasteiger partial charge on any atom is -0.446 e. The molecule has 0 bridgehead atoms. The standard InChI is InChI=1S/C48H65N3O4S/c1-31(2)8-6-9-32(3)40-19-20-41-38-18-16-36-30-37(22-24-47(36,4)42(38)23-25-48(40,41)5)55-46(52)50-27-29-51(28-26-49)56(53,54)43-21-15-35-13-12-33-10-7-11-34-14-17-39(43)45(35)44(33)34/h7,10-17,21,31-32,37-38,40-42H,6,8-9,18-20,22-30,49H2,1-5H3,(H,50,52)/t32-,37+,38+,40-,41+,42+,47+,48-/m1/s1. The van der Waals surface area contributed by atoms with E-state index in [-0.39, 0.29) is 42.6 Å². The number of allylic oxidation sites excluding steroid dienone is 1. The number of alkyl carbamates (subject to hydrolysis) is 1. The Labute approximate surface area is 335 Å². The summed E-state index contributed by atoms with van der Waals surface area (Å²) in [5, 5.41) is 8.78. The Morgan fingerprint density at radius 2 is 1.62 bits per heavy atom. The molecule has 1 amide bonds. The minimum atomic E-state index is -3.91. The van der Waals surface area contributed by atoms with E-state index < -0.39 is 16.1 Å². The van der Waals surface area contributed by atoms with Crippen molar-refractivity contribution in [1.29, 1.82) is 0 Å². The van der Waals surface area contributed by atoms with Crippen LogP contribution in [0.3, 0.4) is 0 Å². The molecule has 4 aromatic carbocycles. The van der Waals surface area contributed by atoms with Gasteiger partial charge in [-0.05, 0) is 124 Å². The summed E-state index contributed by atoms with van der Waals surface area (Å²) in [6.45, 7) is 13.0. The average Bonchev–Trinajstić information content (AvgIpc) is 3.54. The molecule has 3 N–H and O–H groups in total. The van der Waals surface area contributed by atoms with Crippen molar-refractivity contribution in [3.05, 3.63) is 66.2 Å². The maximum Gasteiger partial charge on any atom is 0.407 e. The lowest BCUT2D eigenvalue weighted by atomic mass is 9.47. The summed E-state index contributed by atoms with van der Waals surface area (Å²) in [6.07, 6.45) is 15.4. The number of ether oxygens (including phenoxy) is 1. The molecular formula is C48H65N3O4S. The normalized spacial score (nSPS) is 29.7. The van der Waals surface area contributed by atoms with E-state index >= 15 is 0 Å². The molecule has 4 aromatic rings. The number of benzene rings is 4. The van der Waals surface area contributed by atoms with Gasteiger partial charge in [0.05, 0.1) is 4.90 Å². The summed E-state index contributed by atoms with van der Waals surface area (Å²) in [5.41, 5.74) is 8.10. The second-order valence-corrected chi connectivity index (χ2v) is 21.0. The van der Waals surface area contributed by atoms with Gasteiger partial charge < -0.3 is 15.8 Å². The first-order valence-electron chi connectivity index (χ1n) is 21.9. The lowest BCUT2D eigenvalue weighted by Gasteiger charge is -2.58. The third-order valence-corrected chi connectivity index (χ3v) is 17.6. The second kappa shape index (κ2) is 15.5. The highest BCUT2D eigenvalue weighted by molar-refractivity contribution is 7.89. The number of carbonyl (C=O) groups excluding carboxylic acids is 1. The zero-order valence-electron chi connectivity index (χ0n) is 34.5. The van der Waals surface area contributed by atoms with Crippen LogP contribution >= 0.6 is 0 Å². The molecule has 7 nitrogen and oxygen atoms in total. The third kappa shape index (κ3) is 6.93. The first kappa shape index (κ1) is 39.6. The first-order chi connectivity index (χ1) is 26.8. The first-order valence-corrected chi connectivity index (χ1v) is 23.3. The third-order valence-electron chi connectivity index (χ3n) is 15.6. The summed E-state index contributed by atoms with van der Waals surface area (Å²) in [6, 6.07) is 17.8. The van der Waals surface area contributed by atoms with Gasteiger partial charge in [0, 0.05) is 38.0 Å². The van der Waals surface area contributed by atoms with Crippen LogP contribution in [0.1, 0.15) is 105 Å². The van der Waals surface area contributed by atoms with E-state index in [2.05, 4.69) is 64.2 Å².